The maximum Gasteiger partial charge on any atom is 0.237 e. The van der Waals surface area contributed by atoms with E-state index in [9.17, 15) is 9.59 Å². The molecule has 2 rings (SSSR count). The molecule has 0 aromatic rings. The van der Waals surface area contributed by atoms with Crippen LogP contribution in [0.25, 0.3) is 0 Å². The fraction of sp³-hybridized carbons (Fsp3) is 0.857. The number of carbonyl (C=O) groups excluding carboxylic acids is 2. The maximum atomic E-state index is 12.2. The molecule has 5 heteroatoms. The van der Waals surface area contributed by atoms with E-state index in [1.807, 2.05) is 4.90 Å². The number of hydrogen-bond acceptors (Lipinski definition) is 3. The van der Waals surface area contributed by atoms with Crippen molar-refractivity contribution in [1.29, 1.82) is 0 Å². The molecule has 1 atom stereocenters. The Bertz CT molecular complexity index is 332. The highest BCUT2D eigenvalue weighted by Crippen LogP contribution is 2.31. The van der Waals surface area contributed by atoms with Gasteiger partial charge in [-0.2, -0.15) is 0 Å². The molecule has 0 aromatic carbocycles. The Labute approximate surface area is 115 Å². The van der Waals surface area contributed by atoms with Crippen LogP contribution >= 0.6 is 0 Å². The zero-order valence-electron chi connectivity index (χ0n) is 12.0. The Hall–Kier alpha value is -1.10. The average molecular weight is 267 g/mol. The first-order valence-electron chi connectivity index (χ1n) is 7.34. The summed E-state index contributed by atoms with van der Waals surface area (Å²) in [6.07, 6.45) is 4.80. The Morgan fingerprint density at radius 3 is 2.16 bits per heavy atom. The van der Waals surface area contributed by atoms with E-state index in [-0.39, 0.29) is 17.9 Å². The lowest BCUT2D eigenvalue weighted by molar-refractivity contribution is -0.133. The van der Waals surface area contributed by atoms with Gasteiger partial charge in [0, 0.05) is 40.2 Å². The van der Waals surface area contributed by atoms with Crippen LogP contribution in [0.15, 0.2) is 0 Å². The Morgan fingerprint density at radius 1 is 1.11 bits per heavy atom. The van der Waals surface area contributed by atoms with E-state index in [0.717, 1.165) is 39.0 Å². The first-order valence-corrected chi connectivity index (χ1v) is 7.34. The zero-order valence-corrected chi connectivity index (χ0v) is 12.0. The van der Waals surface area contributed by atoms with Crippen molar-refractivity contribution in [3.63, 3.8) is 0 Å². The van der Waals surface area contributed by atoms with Gasteiger partial charge in [0.15, 0.2) is 0 Å². The maximum absolute atomic E-state index is 12.2. The number of rotatable bonds is 3. The third kappa shape index (κ3) is 3.26. The summed E-state index contributed by atoms with van der Waals surface area (Å²) in [6.45, 7) is 4.73. The number of carbonyl (C=O) groups is 2. The van der Waals surface area contributed by atoms with Crippen LogP contribution < -0.4 is 5.32 Å². The number of likely N-dealkylation sites (N-methyl/N-ethyl adjacent to an activating group) is 1. The molecule has 0 bridgehead atoms. The molecule has 1 N–H and O–H groups in total. The van der Waals surface area contributed by atoms with Gasteiger partial charge >= 0.3 is 0 Å². The van der Waals surface area contributed by atoms with Gasteiger partial charge in [0.1, 0.15) is 0 Å². The summed E-state index contributed by atoms with van der Waals surface area (Å²) in [5.41, 5.74) is 0. The van der Waals surface area contributed by atoms with Crippen LogP contribution in [0.4, 0.5) is 0 Å². The fourth-order valence-electron chi connectivity index (χ4n) is 3.41. The molecule has 1 saturated carbocycles. The standard InChI is InChI=1S/C14H25N3O2/c1-11(18)16-7-9-17(10-8-16)13(14(19)15-2)12-5-3-4-6-12/h12-13H,3-10H2,1-2H3,(H,15,19). The van der Waals surface area contributed by atoms with Crippen molar-refractivity contribution >= 4 is 11.8 Å². The summed E-state index contributed by atoms with van der Waals surface area (Å²) in [7, 11) is 1.72. The lowest BCUT2D eigenvalue weighted by Crippen LogP contribution is -2.57. The second-order valence-corrected chi connectivity index (χ2v) is 5.65. The number of amides is 2. The van der Waals surface area contributed by atoms with Gasteiger partial charge in [0.05, 0.1) is 6.04 Å². The molecule has 1 aliphatic heterocycles. The highest BCUT2D eigenvalue weighted by molar-refractivity contribution is 5.82. The highest BCUT2D eigenvalue weighted by Gasteiger charge is 2.36. The van der Waals surface area contributed by atoms with Crippen molar-refractivity contribution in [1.82, 2.24) is 15.1 Å². The van der Waals surface area contributed by atoms with Crippen LogP contribution in [0.5, 0.6) is 0 Å². The van der Waals surface area contributed by atoms with Crippen molar-refractivity contribution in [2.24, 2.45) is 5.92 Å². The first kappa shape index (κ1) is 14.3. The van der Waals surface area contributed by atoms with Crippen LogP contribution in [0.1, 0.15) is 32.6 Å². The number of nitrogens with zero attached hydrogens (tertiary/aromatic N) is 2. The summed E-state index contributed by atoms with van der Waals surface area (Å²) in [5.74, 6) is 0.768. The molecule has 19 heavy (non-hydrogen) atoms. The third-order valence-corrected chi connectivity index (χ3v) is 4.51. The van der Waals surface area contributed by atoms with E-state index in [2.05, 4.69) is 10.2 Å². The number of piperazine rings is 1. The molecular formula is C14H25N3O2. The molecule has 1 aliphatic carbocycles. The summed E-state index contributed by atoms with van der Waals surface area (Å²) in [5, 5.41) is 2.81. The minimum Gasteiger partial charge on any atom is -0.358 e. The number of nitrogens with one attached hydrogen (secondary N) is 1. The molecule has 0 radical (unpaired) electrons. The van der Waals surface area contributed by atoms with E-state index < -0.39 is 0 Å². The summed E-state index contributed by atoms with van der Waals surface area (Å²) in [6, 6.07) is 0.00149. The van der Waals surface area contributed by atoms with E-state index in [1.165, 1.54) is 12.8 Å². The van der Waals surface area contributed by atoms with Gasteiger partial charge in [0.2, 0.25) is 11.8 Å². The van der Waals surface area contributed by atoms with Crippen LogP contribution in [0.2, 0.25) is 0 Å². The summed E-state index contributed by atoms with van der Waals surface area (Å²) >= 11 is 0. The summed E-state index contributed by atoms with van der Waals surface area (Å²) in [4.78, 5) is 27.7. The van der Waals surface area contributed by atoms with Gasteiger partial charge in [-0.15, -0.1) is 0 Å². The number of hydrogen-bond donors (Lipinski definition) is 1. The fourth-order valence-corrected chi connectivity index (χ4v) is 3.41. The molecule has 0 spiro atoms. The Morgan fingerprint density at radius 2 is 1.68 bits per heavy atom. The van der Waals surface area contributed by atoms with Gasteiger partial charge in [-0.25, -0.2) is 0 Å². The average Bonchev–Trinajstić information content (AvgIpc) is 2.93. The van der Waals surface area contributed by atoms with Crippen LogP contribution in [-0.2, 0) is 9.59 Å². The lowest BCUT2D eigenvalue weighted by atomic mass is 9.95. The van der Waals surface area contributed by atoms with Crippen molar-refractivity contribution in [2.75, 3.05) is 33.2 Å². The Kier molecular flexibility index (Phi) is 4.80. The predicted molar refractivity (Wildman–Crippen MR) is 73.6 cm³/mol. The molecule has 2 fully saturated rings. The largest absolute Gasteiger partial charge is 0.358 e. The normalized spacial score (nSPS) is 23.4. The monoisotopic (exact) mass is 267 g/mol. The molecule has 1 unspecified atom stereocenters. The van der Waals surface area contributed by atoms with Crippen molar-refractivity contribution in [3.05, 3.63) is 0 Å². The third-order valence-electron chi connectivity index (χ3n) is 4.51. The predicted octanol–water partition coefficient (Wildman–Crippen LogP) is 0.455. The van der Waals surface area contributed by atoms with E-state index >= 15 is 0 Å². The van der Waals surface area contributed by atoms with E-state index in [4.69, 9.17) is 0 Å². The molecule has 1 heterocycles. The van der Waals surface area contributed by atoms with E-state index in [0.29, 0.717) is 5.92 Å². The van der Waals surface area contributed by atoms with Gasteiger partial charge in [0.25, 0.3) is 0 Å². The SMILES string of the molecule is CNC(=O)C(C1CCCC1)N1CCN(C(C)=O)CC1. The molecular weight excluding hydrogens is 242 g/mol. The molecule has 1 saturated heterocycles. The van der Waals surface area contributed by atoms with Crippen molar-refractivity contribution in [2.45, 2.75) is 38.6 Å². The Balaban J connectivity index is 1.99. The molecule has 2 amide bonds. The highest BCUT2D eigenvalue weighted by atomic mass is 16.2. The quantitative estimate of drug-likeness (QED) is 0.808. The van der Waals surface area contributed by atoms with Crippen LogP contribution in [-0.4, -0.2) is 60.9 Å². The molecule has 2 aliphatic rings. The lowest BCUT2D eigenvalue weighted by Gasteiger charge is -2.40. The minimum absolute atomic E-state index is 0.00149. The molecule has 5 nitrogen and oxygen atoms in total. The topological polar surface area (TPSA) is 52.7 Å². The van der Waals surface area contributed by atoms with Crippen LogP contribution in [0.3, 0.4) is 0 Å². The minimum atomic E-state index is 0.00149. The second kappa shape index (κ2) is 6.37. The van der Waals surface area contributed by atoms with Gasteiger partial charge in [-0.05, 0) is 18.8 Å². The van der Waals surface area contributed by atoms with E-state index in [1.54, 1.807) is 14.0 Å². The zero-order chi connectivity index (χ0) is 13.8. The smallest absolute Gasteiger partial charge is 0.237 e. The van der Waals surface area contributed by atoms with Gasteiger partial charge < -0.3 is 10.2 Å². The molecule has 108 valence electrons. The van der Waals surface area contributed by atoms with Crippen LogP contribution in [0, 0.1) is 5.92 Å². The molecule has 0 aromatic heterocycles. The first-order chi connectivity index (χ1) is 9.13. The van der Waals surface area contributed by atoms with Crippen molar-refractivity contribution < 1.29 is 9.59 Å². The summed E-state index contributed by atoms with van der Waals surface area (Å²) < 4.78 is 0. The second-order valence-electron chi connectivity index (χ2n) is 5.65. The van der Waals surface area contributed by atoms with Crippen molar-refractivity contribution in [3.8, 4) is 0 Å². The van der Waals surface area contributed by atoms with Gasteiger partial charge in [-0.3, -0.25) is 14.5 Å². The van der Waals surface area contributed by atoms with Gasteiger partial charge in [-0.1, -0.05) is 12.8 Å².